The van der Waals surface area contributed by atoms with Crippen molar-refractivity contribution in [3.63, 3.8) is 0 Å². The first-order chi connectivity index (χ1) is 27.7. The quantitative estimate of drug-likeness (QED) is 0.146. The van der Waals surface area contributed by atoms with Crippen molar-refractivity contribution in [2.24, 2.45) is 4.99 Å². The predicted octanol–water partition coefficient (Wildman–Crippen LogP) is 3.06. The van der Waals surface area contributed by atoms with Crippen LogP contribution in [-0.4, -0.2) is 89.0 Å². The molecular weight excluding hydrogens is 729 g/mol. The number of anilines is 1. The van der Waals surface area contributed by atoms with Crippen molar-refractivity contribution in [3.05, 3.63) is 137 Å². The summed E-state index contributed by atoms with van der Waals surface area (Å²) >= 11 is 0. The van der Waals surface area contributed by atoms with Gasteiger partial charge in [-0.1, -0.05) is 78.9 Å². The van der Waals surface area contributed by atoms with Gasteiger partial charge in [-0.25, -0.2) is 4.99 Å². The zero-order valence-electron chi connectivity index (χ0n) is 30.9. The van der Waals surface area contributed by atoms with Crippen molar-refractivity contribution in [1.29, 1.82) is 0 Å². The number of imide groups is 1. The summed E-state index contributed by atoms with van der Waals surface area (Å²) in [7, 11) is 0. The lowest BCUT2D eigenvalue weighted by Crippen LogP contribution is -2.52. The van der Waals surface area contributed by atoms with E-state index < -0.39 is 35.4 Å². The molecule has 1 saturated heterocycles. The lowest BCUT2D eigenvalue weighted by Gasteiger charge is -2.32. The first-order valence-corrected chi connectivity index (χ1v) is 18.8. The minimum atomic E-state index is -1.37. The van der Waals surface area contributed by atoms with Gasteiger partial charge < -0.3 is 29.9 Å². The Labute approximate surface area is 328 Å². The molecule has 3 N–H and O–H groups in total. The predicted molar refractivity (Wildman–Crippen MR) is 206 cm³/mol. The Morgan fingerprint density at radius 2 is 1.63 bits per heavy atom. The van der Waals surface area contributed by atoms with Crippen LogP contribution in [0.15, 0.2) is 108 Å². The summed E-state index contributed by atoms with van der Waals surface area (Å²) in [4.78, 5) is 86.2. The smallest absolute Gasteiger partial charge is 0.256 e. The van der Waals surface area contributed by atoms with E-state index in [0.717, 1.165) is 22.3 Å². The number of carbonyl (C=O) groups is 6. The summed E-state index contributed by atoms with van der Waals surface area (Å²) in [5.74, 6) is -2.06. The van der Waals surface area contributed by atoms with Crippen molar-refractivity contribution >= 4 is 47.0 Å². The highest BCUT2D eigenvalue weighted by Gasteiger charge is 2.57. The normalized spacial score (nSPS) is 21.1. The molecular formula is C43H40N6O8. The van der Waals surface area contributed by atoms with Crippen LogP contribution in [-0.2, 0) is 53.0 Å². The lowest BCUT2D eigenvalue weighted by atomic mass is 9.81. The van der Waals surface area contributed by atoms with Crippen LogP contribution in [0.4, 0.5) is 5.69 Å². The molecule has 290 valence electrons. The fourth-order valence-corrected chi connectivity index (χ4v) is 7.94. The minimum absolute atomic E-state index is 0.0171. The number of carbonyl (C=O) groups excluding carboxylic acids is 6. The van der Waals surface area contributed by atoms with Crippen molar-refractivity contribution in [3.8, 4) is 0 Å². The van der Waals surface area contributed by atoms with Crippen LogP contribution in [0.3, 0.4) is 0 Å². The maximum absolute atomic E-state index is 14.8. The number of benzene rings is 4. The molecule has 14 heteroatoms. The van der Waals surface area contributed by atoms with Crippen LogP contribution in [0.2, 0.25) is 0 Å². The number of aliphatic imine (C=N–C) groups is 1. The van der Waals surface area contributed by atoms with Gasteiger partial charge in [0.1, 0.15) is 12.6 Å². The van der Waals surface area contributed by atoms with E-state index in [0.29, 0.717) is 22.7 Å². The molecule has 0 spiro atoms. The average molecular weight is 769 g/mol. The number of amides is 6. The molecule has 6 amide bonds. The summed E-state index contributed by atoms with van der Waals surface area (Å²) in [5.41, 5.74) is 3.34. The molecule has 3 atom stereocenters. The van der Waals surface area contributed by atoms with E-state index in [1.54, 1.807) is 18.2 Å². The van der Waals surface area contributed by atoms with Crippen LogP contribution in [0.5, 0.6) is 0 Å². The zero-order chi connectivity index (χ0) is 39.5. The van der Waals surface area contributed by atoms with Gasteiger partial charge in [-0.3, -0.25) is 34.1 Å². The second-order valence-electron chi connectivity index (χ2n) is 14.4. The first kappa shape index (κ1) is 37.3. The van der Waals surface area contributed by atoms with Gasteiger partial charge in [-0.05, 0) is 41.8 Å². The topological polar surface area (TPSA) is 176 Å². The Balaban J connectivity index is 0.892. The van der Waals surface area contributed by atoms with E-state index in [1.807, 2.05) is 84.9 Å². The van der Waals surface area contributed by atoms with Gasteiger partial charge in [-0.15, -0.1) is 0 Å². The number of hydrogen-bond donors (Lipinski definition) is 3. The van der Waals surface area contributed by atoms with Crippen LogP contribution >= 0.6 is 0 Å². The number of piperidine rings is 1. The molecule has 4 heterocycles. The van der Waals surface area contributed by atoms with E-state index in [-0.39, 0.29) is 76.4 Å². The molecule has 0 aliphatic carbocycles. The number of hydrogen-bond acceptors (Lipinski definition) is 9. The van der Waals surface area contributed by atoms with E-state index in [4.69, 9.17) is 14.5 Å². The van der Waals surface area contributed by atoms with Gasteiger partial charge in [0, 0.05) is 60.4 Å². The van der Waals surface area contributed by atoms with E-state index in [1.165, 1.54) is 9.80 Å². The molecule has 4 aromatic carbocycles. The maximum atomic E-state index is 14.8. The van der Waals surface area contributed by atoms with Crippen molar-refractivity contribution in [2.75, 3.05) is 31.6 Å². The second-order valence-corrected chi connectivity index (χ2v) is 14.4. The summed E-state index contributed by atoms with van der Waals surface area (Å²) in [5, 5.41) is 7.87. The fourth-order valence-electron chi connectivity index (χ4n) is 7.94. The zero-order valence-corrected chi connectivity index (χ0v) is 30.9. The Bertz CT molecular complexity index is 2280. The number of ether oxygens (including phenoxy) is 2. The third-order valence-corrected chi connectivity index (χ3v) is 10.7. The van der Waals surface area contributed by atoms with Crippen LogP contribution in [0, 0.1) is 0 Å². The van der Waals surface area contributed by atoms with Gasteiger partial charge in [0.05, 0.1) is 13.2 Å². The van der Waals surface area contributed by atoms with Crippen LogP contribution in [0.25, 0.3) is 0 Å². The molecule has 57 heavy (non-hydrogen) atoms. The molecule has 4 aromatic rings. The third kappa shape index (κ3) is 7.51. The Morgan fingerprint density at radius 3 is 2.42 bits per heavy atom. The molecule has 1 fully saturated rings. The highest BCUT2D eigenvalue weighted by Crippen LogP contribution is 2.46. The Hall–Kier alpha value is -6.67. The Morgan fingerprint density at radius 1 is 0.877 bits per heavy atom. The van der Waals surface area contributed by atoms with E-state index in [9.17, 15) is 28.8 Å². The minimum Gasteiger partial charge on any atom is -0.466 e. The molecule has 0 aromatic heterocycles. The lowest BCUT2D eigenvalue weighted by molar-refractivity contribution is -0.143. The van der Waals surface area contributed by atoms with Gasteiger partial charge >= 0.3 is 0 Å². The van der Waals surface area contributed by atoms with Gasteiger partial charge in [0.25, 0.3) is 11.8 Å². The van der Waals surface area contributed by atoms with Gasteiger partial charge in [0.15, 0.2) is 11.6 Å². The van der Waals surface area contributed by atoms with Gasteiger partial charge in [-0.2, -0.15) is 0 Å². The second kappa shape index (κ2) is 15.8. The maximum Gasteiger partial charge on any atom is 0.256 e. The highest BCUT2D eigenvalue weighted by molar-refractivity contribution is 6.07. The van der Waals surface area contributed by atoms with Crippen molar-refractivity contribution in [2.45, 2.75) is 50.0 Å². The molecule has 0 saturated carbocycles. The van der Waals surface area contributed by atoms with E-state index in [2.05, 4.69) is 16.0 Å². The number of fused-ring (bicyclic) bond motifs is 4. The largest absolute Gasteiger partial charge is 0.466 e. The van der Waals surface area contributed by atoms with Crippen molar-refractivity contribution in [1.82, 2.24) is 20.4 Å². The first-order valence-electron chi connectivity index (χ1n) is 18.8. The monoisotopic (exact) mass is 768 g/mol. The SMILES string of the molecule is O=C(CN1Cc2ccccc2[C@@H]2OC(c3ccccc3)=N[C@]2(Cc2ccccc2)C1=O)NCCOCC(=O)Nc1cccc2c1CN(C1CCC(=O)NC1=O)C2=O. The molecule has 8 rings (SSSR count). The van der Waals surface area contributed by atoms with Crippen molar-refractivity contribution < 1.29 is 38.2 Å². The molecule has 0 bridgehead atoms. The summed E-state index contributed by atoms with van der Waals surface area (Å²) in [6, 6.07) is 31.0. The molecule has 14 nitrogen and oxygen atoms in total. The molecule has 4 aliphatic heterocycles. The highest BCUT2D eigenvalue weighted by atomic mass is 16.5. The van der Waals surface area contributed by atoms with Crippen LogP contribution < -0.4 is 16.0 Å². The summed E-state index contributed by atoms with van der Waals surface area (Å²) in [6.45, 7) is -0.165. The number of nitrogens with one attached hydrogen (secondary N) is 3. The fraction of sp³-hybridized carbons (Fsp3) is 0.279. The standard InChI is InChI=1S/C43H40N6O8/c50-35-19-18-34(39(53)46-35)49-24-32-31(41(49)54)16-9-17-33(32)45-37(52)26-56-21-20-44-36(51)25-48-23-29-14-7-8-15-30(29)38-43(42(48)55,22-27-10-3-1-4-11-27)47-40(57-38)28-12-5-2-6-13-28/h1-17,34,38H,18-26H2,(H,44,51)(H,45,52)(H,46,50,53)/t34?,38-,43-/m0/s1. The average Bonchev–Trinajstić information content (AvgIpc) is 3.74. The third-order valence-electron chi connectivity index (χ3n) is 10.7. The number of nitrogens with zero attached hydrogens (tertiary/aromatic N) is 3. The summed E-state index contributed by atoms with van der Waals surface area (Å²) < 4.78 is 12.1. The molecule has 4 aliphatic rings. The molecule has 0 radical (unpaired) electrons. The number of rotatable bonds is 12. The Kier molecular flexibility index (Phi) is 10.3. The van der Waals surface area contributed by atoms with Crippen LogP contribution in [0.1, 0.15) is 57.1 Å². The van der Waals surface area contributed by atoms with Gasteiger partial charge in [0.2, 0.25) is 29.5 Å². The molecule has 1 unspecified atom stereocenters. The summed E-state index contributed by atoms with van der Waals surface area (Å²) in [6.07, 6.45) is -0.0890. The van der Waals surface area contributed by atoms with E-state index >= 15 is 0 Å².